The fraction of sp³-hybridized carbons (Fsp3) is 0.273. The largest absolute Gasteiger partial charge is 0.416 e. The van der Waals surface area contributed by atoms with Crippen molar-refractivity contribution in [1.82, 2.24) is 14.8 Å². The zero-order chi connectivity index (χ0) is 14.2. The third kappa shape index (κ3) is 2.64. The van der Waals surface area contributed by atoms with Gasteiger partial charge in [-0.2, -0.15) is 13.2 Å². The quantitative estimate of drug-likeness (QED) is 0.918. The van der Waals surface area contributed by atoms with E-state index in [1.165, 1.54) is 6.07 Å². The second-order valence-corrected chi connectivity index (χ2v) is 4.75. The van der Waals surface area contributed by atoms with Crippen LogP contribution in [0.5, 0.6) is 0 Å². The monoisotopic (exact) mass is 334 g/mol. The molecule has 2 N–H and O–H groups in total. The van der Waals surface area contributed by atoms with Crippen molar-refractivity contribution in [2.75, 3.05) is 0 Å². The summed E-state index contributed by atoms with van der Waals surface area (Å²) in [5.41, 5.74) is 5.05. The van der Waals surface area contributed by atoms with E-state index in [2.05, 4.69) is 26.1 Å². The SMILES string of the molecule is Cn1c(CN)nnc1-c1cc(C(F)(F)F)ccc1Br. The summed E-state index contributed by atoms with van der Waals surface area (Å²) >= 11 is 3.22. The van der Waals surface area contributed by atoms with Gasteiger partial charge in [0.25, 0.3) is 0 Å². The van der Waals surface area contributed by atoms with Crippen molar-refractivity contribution in [3.05, 3.63) is 34.1 Å². The number of benzene rings is 1. The topological polar surface area (TPSA) is 56.7 Å². The first-order valence-electron chi connectivity index (χ1n) is 5.30. The van der Waals surface area contributed by atoms with Gasteiger partial charge in [-0.1, -0.05) is 15.9 Å². The van der Waals surface area contributed by atoms with Gasteiger partial charge in [-0.05, 0) is 18.2 Å². The van der Waals surface area contributed by atoms with Gasteiger partial charge in [-0.25, -0.2) is 0 Å². The van der Waals surface area contributed by atoms with E-state index >= 15 is 0 Å². The van der Waals surface area contributed by atoms with Crippen LogP contribution in [0.2, 0.25) is 0 Å². The number of aromatic nitrogens is 3. The minimum absolute atomic E-state index is 0.167. The molecule has 2 aromatic rings. The fourth-order valence-electron chi connectivity index (χ4n) is 1.65. The Balaban J connectivity index is 2.58. The van der Waals surface area contributed by atoms with Crippen molar-refractivity contribution in [3.63, 3.8) is 0 Å². The molecule has 0 bridgehead atoms. The highest BCUT2D eigenvalue weighted by molar-refractivity contribution is 9.10. The normalized spacial score (nSPS) is 11.9. The van der Waals surface area contributed by atoms with Crippen LogP contribution in [0.1, 0.15) is 11.4 Å². The van der Waals surface area contributed by atoms with Gasteiger partial charge in [-0.15, -0.1) is 10.2 Å². The zero-order valence-corrected chi connectivity index (χ0v) is 11.5. The Morgan fingerprint density at radius 2 is 2.00 bits per heavy atom. The van der Waals surface area contributed by atoms with Crippen LogP contribution in [-0.2, 0) is 19.8 Å². The molecule has 102 valence electrons. The van der Waals surface area contributed by atoms with Gasteiger partial charge >= 0.3 is 6.18 Å². The van der Waals surface area contributed by atoms with Gasteiger partial charge in [0.2, 0.25) is 0 Å². The number of halogens is 4. The second-order valence-electron chi connectivity index (χ2n) is 3.90. The number of nitrogens with zero attached hydrogens (tertiary/aromatic N) is 3. The lowest BCUT2D eigenvalue weighted by molar-refractivity contribution is -0.137. The van der Waals surface area contributed by atoms with Crippen LogP contribution in [0.15, 0.2) is 22.7 Å². The van der Waals surface area contributed by atoms with Crippen molar-refractivity contribution in [2.24, 2.45) is 12.8 Å². The van der Waals surface area contributed by atoms with Crippen molar-refractivity contribution in [2.45, 2.75) is 12.7 Å². The summed E-state index contributed by atoms with van der Waals surface area (Å²) in [6.45, 7) is 0.167. The maximum atomic E-state index is 12.7. The van der Waals surface area contributed by atoms with Crippen molar-refractivity contribution in [1.29, 1.82) is 0 Å². The summed E-state index contributed by atoms with van der Waals surface area (Å²) in [7, 11) is 1.66. The molecule has 0 amide bonds. The molecule has 19 heavy (non-hydrogen) atoms. The fourth-order valence-corrected chi connectivity index (χ4v) is 2.07. The molecule has 8 heteroatoms. The first kappa shape index (κ1) is 14.0. The molecule has 0 saturated carbocycles. The average molecular weight is 335 g/mol. The minimum Gasteiger partial charge on any atom is -0.324 e. The molecule has 0 aliphatic rings. The van der Waals surface area contributed by atoms with E-state index in [1.54, 1.807) is 11.6 Å². The lowest BCUT2D eigenvalue weighted by Gasteiger charge is -2.10. The molecule has 1 aromatic carbocycles. The van der Waals surface area contributed by atoms with E-state index in [1.807, 2.05) is 0 Å². The number of alkyl halides is 3. The molecule has 0 saturated heterocycles. The molecule has 2 rings (SSSR count). The molecule has 4 nitrogen and oxygen atoms in total. The lowest BCUT2D eigenvalue weighted by Crippen LogP contribution is -2.07. The van der Waals surface area contributed by atoms with Crippen LogP contribution >= 0.6 is 15.9 Å². The highest BCUT2D eigenvalue weighted by Gasteiger charge is 2.31. The predicted molar refractivity (Wildman–Crippen MR) is 67.0 cm³/mol. The van der Waals surface area contributed by atoms with Crippen LogP contribution in [0, 0.1) is 0 Å². The maximum Gasteiger partial charge on any atom is 0.416 e. The van der Waals surface area contributed by atoms with Gasteiger partial charge < -0.3 is 10.3 Å². The molecule has 0 unspecified atom stereocenters. The van der Waals surface area contributed by atoms with E-state index in [-0.39, 0.29) is 6.54 Å². The van der Waals surface area contributed by atoms with Gasteiger partial charge in [0.1, 0.15) is 5.82 Å². The van der Waals surface area contributed by atoms with E-state index in [0.717, 1.165) is 12.1 Å². The predicted octanol–water partition coefficient (Wildman–Crippen LogP) is 2.72. The standard InChI is InChI=1S/C11H10BrF3N4/c1-19-9(5-16)17-18-10(19)7-4-6(11(13,14)15)2-3-8(7)12/h2-4H,5,16H2,1H3. The summed E-state index contributed by atoms with van der Waals surface area (Å²) in [6, 6.07) is 3.39. The van der Waals surface area contributed by atoms with Crippen molar-refractivity contribution >= 4 is 15.9 Å². The summed E-state index contributed by atoms with van der Waals surface area (Å²) in [4.78, 5) is 0. The molecule has 0 fully saturated rings. The van der Waals surface area contributed by atoms with Gasteiger partial charge in [0.05, 0.1) is 12.1 Å². The Kier molecular flexibility index (Phi) is 3.64. The summed E-state index contributed by atoms with van der Waals surface area (Å²) in [6.07, 6.45) is -4.40. The first-order valence-corrected chi connectivity index (χ1v) is 6.09. The third-order valence-corrected chi connectivity index (χ3v) is 3.37. The van der Waals surface area contributed by atoms with Crippen molar-refractivity contribution < 1.29 is 13.2 Å². The van der Waals surface area contributed by atoms with Crippen molar-refractivity contribution in [3.8, 4) is 11.4 Å². The van der Waals surface area contributed by atoms with Gasteiger partial charge in [-0.3, -0.25) is 0 Å². The summed E-state index contributed by atoms with van der Waals surface area (Å²) in [5.74, 6) is 0.831. The first-order chi connectivity index (χ1) is 8.84. The van der Waals surface area contributed by atoms with E-state index in [4.69, 9.17) is 5.73 Å². The Morgan fingerprint density at radius 3 is 2.53 bits per heavy atom. The number of nitrogens with two attached hydrogens (primary N) is 1. The molecular weight excluding hydrogens is 325 g/mol. The average Bonchev–Trinajstić information content (AvgIpc) is 2.69. The number of hydrogen-bond acceptors (Lipinski definition) is 3. The van der Waals surface area contributed by atoms with Gasteiger partial charge in [0.15, 0.2) is 5.82 Å². The van der Waals surface area contributed by atoms with Crippen LogP contribution in [-0.4, -0.2) is 14.8 Å². The van der Waals surface area contributed by atoms with Crippen LogP contribution in [0.3, 0.4) is 0 Å². The van der Waals surface area contributed by atoms with Crippen LogP contribution in [0.4, 0.5) is 13.2 Å². The number of rotatable bonds is 2. The Hall–Kier alpha value is -1.41. The maximum absolute atomic E-state index is 12.7. The lowest BCUT2D eigenvalue weighted by atomic mass is 10.1. The van der Waals surface area contributed by atoms with E-state index in [0.29, 0.717) is 21.7 Å². The minimum atomic E-state index is -4.40. The van der Waals surface area contributed by atoms with Gasteiger partial charge in [0, 0.05) is 17.1 Å². The summed E-state index contributed by atoms with van der Waals surface area (Å²) < 4.78 is 40.2. The third-order valence-electron chi connectivity index (χ3n) is 2.68. The molecular formula is C11H10BrF3N4. The molecule has 0 aliphatic heterocycles. The zero-order valence-electron chi connectivity index (χ0n) is 9.87. The van der Waals surface area contributed by atoms with Crippen LogP contribution in [0.25, 0.3) is 11.4 Å². The molecule has 1 aromatic heterocycles. The second kappa shape index (κ2) is 4.93. The molecule has 0 atom stereocenters. The molecule has 0 aliphatic carbocycles. The Labute approximate surface area is 115 Å². The Morgan fingerprint density at radius 1 is 1.32 bits per heavy atom. The smallest absolute Gasteiger partial charge is 0.324 e. The highest BCUT2D eigenvalue weighted by atomic mass is 79.9. The highest BCUT2D eigenvalue weighted by Crippen LogP contribution is 2.35. The number of hydrogen-bond donors (Lipinski definition) is 1. The van der Waals surface area contributed by atoms with Crippen LogP contribution < -0.4 is 5.73 Å². The Bertz CT molecular complexity index is 606. The van der Waals surface area contributed by atoms with E-state index < -0.39 is 11.7 Å². The molecule has 0 radical (unpaired) electrons. The molecule has 0 spiro atoms. The van der Waals surface area contributed by atoms with E-state index in [9.17, 15) is 13.2 Å². The molecule has 1 heterocycles. The summed E-state index contributed by atoms with van der Waals surface area (Å²) in [5, 5.41) is 7.71.